The van der Waals surface area contributed by atoms with Gasteiger partial charge in [-0.25, -0.2) is 0 Å². The fourth-order valence-corrected chi connectivity index (χ4v) is 4.70. The molecule has 0 heterocycles. The summed E-state index contributed by atoms with van der Waals surface area (Å²) in [5.74, 6) is 0.0365. The molecule has 0 radical (unpaired) electrons. The molecular weight excluding hydrogens is 492 g/mol. The van der Waals surface area contributed by atoms with Gasteiger partial charge < -0.3 is 15.0 Å². The van der Waals surface area contributed by atoms with Crippen LogP contribution in [0.4, 0.5) is 0 Å². The van der Waals surface area contributed by atoms with Crippen LogP contribution in [-0.2, 0) is 16.1 Å². The highest BCUT2D eigenvalue weighted by atomic mass is 79.9. The van der Waals surface area contributed by atoms with Crippen LogP contribution in [0.3, 0.4) is 0 Å². The van der Waals surface area contributed by atoms with E-state index >= 15 is 0 Å². The summed E-state index contributed by atoms with van der Waals surface area (Å²) in [6, 6.07) is 12.8. The van der Waals surface area contributed by atoms with Crippen LogP contribution in [0.5, 0.6) is 5.75 Å². The summed E-state index contributed by atoms with van der Waals surface area (Å²) in [6.45, 7) is 3.91. The Morgan fingerprint density at radius 1 is 1.19 bits per heavy atom. The summed E-state index contributed by atoms with van der Waals surface area (Å²) in [6.07, 6.45) is 5.47. The standard InChI is InChI=1S/C25H30BrClN2O3/c1-17-7-6-8-19(13-17)15-29(18(2)25(31)28-21-9-4-3-5-10-21)24(30)16-32-23-12-11-20(26)14-22(23)27/h6-8,11-14,18,21H,3-5,9-10,15-16H2,1-2H3,(H,28,31). The van der Waals surface area contributed by atoms with Crippen LogP contribution in [0, 0.1) is 6.92 Å². The minimum Gasteiger partial charge on any atom is -0.482 e. The monoisotopic (exact) mass is 520 g/mol. The first-order valence-electron chi connectivity index (χ1n) is 11.1. The van der Waals surface area contributed by atoms with Gasteiger partial charge >= 0.3 is 0 Å². The van der Waals surface area contributed by atoms with Crippen LogP contribution in [0.15, 0.2) is 46.9 Å². The molecule has 3 rings (SSSR count). The Kier molecular flexibility index (Phi) is 9.00. The average molecular weight is 522 g/mol. The van der Waals surface area contributed by atoms with Crippen molar-refractivity contribution >= 4 is 39.3 Å². The van der Waals surface area contributed by atoms with Crippen molar-refractivity contribution in [3.05, 3.63) is 63.1 Å². The molecule has 0 aromatic heterocycles. The van der Waals surface area contributed by atoms with E-state index in [1.807, 2.05) is 31.2 Å². The molecule has 0 spiro atoms. The number of benzene rings is 2. The van der Waals surface area contributed by atoms with E-state index in [0.29, 0.717) is 17.3 Å². The highest BCUT2D eigenvalue weighted by molar-refractivity contribution is 9.10. The van der Waals surface area contributed by atoms with Gasteiger partial charge in [-0.05, 0) is 50.5 Å². The second-order valence-corrected chi connectivity index (χ2v) is 9.72. The van der Waals surface area contributed by atoms with Crippen LogP contribution in [-0.4, -0.2) is 35.4 Å². The van der Waals surface area contributed by atoms with Crippen LogP contribution in [0.25, 0.3) is 0 Å². The SMILES string of the molecule is Cc1cccc(CN(C(=O)COc2ccc(Br)cc2Cl)C(C)C(=O)NC2CCCCC2)c1. The van der Waals surface area contributed by atoms with E-state index in [1.54, 1.807) is 30.0 Å². The molecule has 1 N–H and O–H groups in total. The number of nitrogens with one attached hydrogen (secondary N) is 1. The Bertz CT molecular complexity index is 947. The van der Waals surface area contributed by atoms with Crippen LogP contribution >= 0.6 is 27.5 Å². The fourth-order valence-electron chi connectivity index (χ4n) is 3.97. The number of rotatable bonds is 8. The van der Waals surface area contributed by atoms with E-state index in [-0.39, 0.29) is 24.5 Å². The zero-order valence-corrected chi connectivity index (χ0v) is 20.9. The summed E-state index contributed by atoms with van der Waals surface area (Å²) in [4.78, 5) is 27.8. The van der Waals surface area contributed by atoms with Gasteiger partial charge in [0.2, 0.25) is 5.91 Å². The van der Waals surface area contributed by atoms with Gasteiger partial charge in [-0.1, -0.05) is 76.6 Å². The van der Waals surface area contributed by atoms with E-state index < -0.39 is 6.04 Å². The topological polar surface area (TPSA) is 58.6 Å². The fraction of sp³-hybridized carbons (Fsp3) is 0.440. The minimum atomic E-state index is -0.617. The predicted octanol–water partition coefficient (Wildman–Crippen LogP) is 5.66. The Morgan fingerprint density at radius 3 is 2.62 bits per heavy atom. The summed E-state index contributed by atoms with van der Waals surface area (Å²) in [5.41, 5.74) is 2.07. The lowest BCUT2D eigenvalue weighted by atomic mass is 9.95. The normalized spacial score (nSPS) is 15.1. The van der Waals surface area contributed by atoms with E-state index in [9.17, 15) is 9.59 Å². The molecule has 1 aliphatic carbocycles. The Labute approximate surface area is 203 Å². The third-order valence-corrected chi connectivity index (χ3v) is 6.59. The number of aryl methyl sites for hydroxylation is 1. The Balaban J connectivity index is 1.72. The van der Waals surface area contributed by atoms with Crippen molar-refractivity contribution in [2.24, 2.45) is 0 Å². The van der Waals surface area contributed by atoms with Crippen molar-refractivity contribution in [2.75, 3.05) is 6.61 Å². The average Bonchev–Trinajstić information content (AvgIpc) is 2.77. The van der Waals surface area contributed by atoms with Gasteiger partial charge in [0, 0.05) is 17.1 Å². The molecule has 0 aliphatic heterocycles. The van der Waals surface area contributed by atoms with Crippen molar-refractivity contribution in [3.8, 4) is 5.75 Å². The molecule has 0 saturated heterocycles. The van der Waals surface area contributed by atoms with E-state index in [0.717, 1.165) is 41.3 Å². The maximum absolute atomic E-state index is 13.2. The Morgan fingerprint density at radius 2 is 1.94 bits per heavy atom. The molecule has 2 aromatic carbocycles. The summed E-state index contributed by atoms with van der Waals surface area (Å²) in [5, 5.41) is 3.56. The molecule has 1 atom stereocenters. The maximum atomic E-state index is 13.2. The van der Waals surface area contributed by atoms with E-state index in [2.05, 4.69) is 21.2 Å². The second-order valence-electron chi connectivity index (χ2n) is 8.39. The molecule has 0 bridgehead atoms. The Hall–Kier alpha value is -2.05. The van der Waals surface area contributed by atoms with Gasteiger partial charge in [-0.15, -0.1) is 0 Å². The van der Waals surface area contributed by atoms with Crippen molar-refractivity contribution in [3.63, 3.8) is 0 Å². The zero-order chi connectivity index (χ0) is 23.1. The lowest BCUT2D eigenvalue weighted by Crippen LogP contribution is -2.51. The van der Waals surface area contributed by atoms with Crippen LogP contribution < -0.4 is 10.1 Å². The smallest absolute Gasteiger partial charge is 0.261 e. The first-order valence-corrected chi connectivity index (χ1v) is 12.2. The largest absolute Gasteiger partial charge is 0.482 e. The number of amides is 2. The number of hydrogen-bond acceptors (Lipinski definition) is 3. The number of hydrogen-bond donors (Lipinski definition) is 1. The van der Waals surface area contributed by atoms with Crippen molar-refractivity contribution in [1.29, 1.82) is 0 Å². The van der Waals surface area contributed by atoms with Gasteiger partial charge in [-0.3, -0.25) is 9.59 Å². The first kappa shape index (κ1) is 24.6. The molecule has 172 valence electrons. The summed E-state index contributed by atoms with van der Waals surface area (Å²) < 4.78 is 6.53. The first-order chi connectivity index (χ1) is 15.3. The quantitative estimate of drug-likeness (QED) is 0.488. The van der Waals surface area contributed by atoms with E-state index in [1.165, 1.54) is 6.42 Å². The molecule has 1 fully saturated rings. The molecular formula is C25H30BrClN2O3. The molecule has 1 saturated carbocycles. The highest BCUT2D eigenvalue weighted by Crippen LogP contribution is 2.28. The van der Waals surface area contributed by atoms with Crippen molar-refractivity contribution in [1.82, 2.24) is 10.2 Å². The number of ether oxygens (including phenoxy) is 1. The van der Waals surface area contributed by atoms with Crippen LogP contribution in [0.2, 0.25) is 5.02 Å². The molecule has 5 nitrogen and oxygen atoms in total. The summed E-state index contributed by atoms with van der Waals surface area (Å²) >= 11 is 9.58. The number of carbonyl (C=O) groups is 2. The summed E-state index contributed by atoms with van der Waals surface area (Å²) in [7, 11) is 0. The van der Waals surface area contributed by atoms with Gasteiger partial charge in [0.1, 0.15) is 11.8 Å². The number of nitrogens with zero attached hydrogens (tertiary/aromatic N) is 1. The van der Waals surface area contributed by atoms with Crippen LogP contribution in [0.1, 0.15) is 50.2 Å². The maximum Gasteiger partial charge on any atom is 0.261 e. The lowest BCUT2D eigenvalue weighted by molar-refractivity contribution is -0.142. The third kappa shape index (κ3) is 6.97. The molecule has 7 heteroatoms. The molecule has 2 aromatic rings. The van der Waals surface area contributed by atoms with Gasteiger partial charge in [0.05, 0.1) is 5.02 Å². The molecule has 32 heavy (non-hydrogen) atoms. The highest BCUT2D eigenvalue weighted by Gasteiger charge is 2.28. The predicted molar refractivity (Wildman–Crippen MR) is 131 cm³/mol. The van der Waals surface area contributed by atoms with E-state index in [4.69, 9.17) is 16.3 Å². The second kappa shape index (κ2) is 11.7. The van der Waals surface area contributed by atoms with Gasteiger partial charge in [0.15, 0.2) is 6.61 Å². The minimum absolute atomic E-state index is 0.125. The molecule has 1 aliphatic rings. The van der Waals surface area contributed by atoms with Crippen molar-refractivity contribution < 1.29 is 14.3 Å². The molecule has 1 unspecified atom stereocenters. The molecule has 2 amide bonds. The van der Waals surface area contributed by atoms with Gasteiger partial charge in [0.25, 0.3) is 5.91 Å². The zero-order valence-electron chi connectivity index (χ0n) is 18.6. The lowest BCUT2D eigenvalue weighted by Gasteiger charge is -2.31. The number of carbonyl (C=O) groups excluding carboxylic acids is 2. The number of halogens is 2. The van der Waals surface area contributed by atoms with Crippen molar-refractivity contribution in [2.45, 2.75) is 64.6 Å². The van der Waals surface area contributed by atoms with Gasteiger partial charge in [-0.2, -0.15) is 0 Å². The third-order valence-electron chi connectivity index (χ3n) is 5.80.